The standard InChI is InChI=1S/C24H19N3O2S/c28-22(27-24-25-14-15-30-24)19-12-7-13-20(16-19)26-23(29)21(17-8-3-1-4-9-17)18-10-5-2-6-11-18/h1-16,21H,(H,26,29)(H,25,27,28). The maximum absolute atomic E-state index is 13.2. The van der Waals surface area contributed by atoms with Gasteiger partial charge in [-0.15, -0.1) is 11.3 Å². The van der Waals surface area contributed by atoms with Gasteiger partial charge in [0.25, 0.3) is 5.91 Å². The molecule has 1 aromatic heterocycles. The minimum Gasteiger partial charge on any atom is -0.325 e. The summed E-state index contributed by atoms with van der Waals surface area (Å²) in [5.41, 5.74) is 2.81. The highest BCUT2D eigenvalue weighted by Gasteiger charge is 2.23. The van der Waals surface area contributed by atoms with Gasteiger partial charge in [0, 0.05) is 22.8 Å². The Labute approximate surface area is 178 Å². The van der Waals surface area contributed by atoms with E-state index >= 15 is 0 Å². The van der Waals surface area contributed by atoms with E-state index in [4.69, 9.17) is 0 Å². The van der Waals surface area contributed by atoms with Crippen LogP contribution in [0.15, 0.2) is 96.5 Å². The molecule has 0 aliphatic rings. The van der Waals surface area contributed by atoms with E-state index in [9.17, 15) is 9.59 Å². The smallest absolute Gasteiger partial charge is 0.257 e. The molecule has 0 bridgehead atoms. The number of nitrogens with zero attached hydrogens (tertiary/aromatic N) is 1. The van der Waals surface area contributed by atoms with E-state index in [0.29, 0.717) is 16.4 Å². The van der Waals surface area contributed by atoms with E-state index in [2.05, 4.69) is 15.6 Å². The lowest BCUT2D eigenvalue weighted by Crippen LogP contribution is -2.22. The first-order valence-electron chi connectivity index (χ1n) is 9.42. The highest BCUT2D eigenvalue weighted by Crippen LogP contribution is 2.26. The second-order valence-electron chi connectivity index (χ2n) is 6.62. The number of rotatable bonds is 6. The van der Waals surface area contributed by atoms with Crippen LogP contribution in [0.5, 0.6) is 0 Å². The maximum atomic E-state index is 13.2. The number of amides is 2. The Kier molecular flexibility index (Phi) is 5.96. The van der Waals surface area contributed by atoms with E-state index in [0.717, 1.165) is 11.1 Å². The first-order valence-corrected chi connectivity index (χ1v) is 10.3. The Morgan fingerprint density at radius 3 is 2.07 bits per heavy atom. The van der Waals surface area contributed by atoms with Crippen molar-refractivity contribution in [2.45, 2.75) is 5.92 Å². The van der Waals surface area contributed by atoms with E-state index in [-0.39, 0.29) is 11.8 Å². The van der Waals surface area contributed by atoms with Crippen molar-refractivity contribution in [1.29, 1.82) is 0 Å². The molecular formula is C24H19N3O2S. The average Bonchev–Trinajstić information content (AvgIpc) is 3.29. The van der Waals surface area contributed by atoms with Gasteiger partial charge in [0.2, 0.25) is 5.91 Å². The molecule has 3 aromatic carbocycles. The predicted molar refractivity (Wildman–Crippen MR) is 120 cm³/mol. The normalized spacial score (nSPS) is 10.6. The fourth-order valence-corrected chi connectivity index (χ4v) is 3.72. The van der Waals surface area contributed by atoms with Crippen LogP contribution in [0, 0.1) is 0 Å². The quantitative estimate of drug-likeness (QED) is 0.458. The zero-order chi connectivity index (χ0) is 20.8. The lowest BCUT2D eigenvalue weighted by atomic mass is 9.90. The highest BCUT2D eigenvalue weighted by atomic mass is 32.1. The number of nitrogens with one attached hydrogen (secondary N) is 2. The third-order valence-electron chi connectivity index (χ3n) is 4.57. The third kappa shape index (κ3) is 4.61. The summed E-state index contributed by atoms with van der Waals surface area (Å²) in [5.74, 6) is -0.895. The highest BCUT2D eigenvalue weighted by molar-refractivity contribution is 7.13. The number of hydrogen-bond acceptors (Lipinski definition) is 4. The van der Waals surface area contributed by atoms with E-state index in [1.807, 2.05) is 60.7 Å². The molecule has 148 valence electrons. The van der Waals surface area contributed by atoms with Gasteiger partial charge in [-0.05, 0) is 29.3 Å². The SMILES string of the molecule is O=C(Nc1nccs1)c1cccc(NC(=O)C(c2ccccc2)c2ccccc2)c1. The third-order valence-corrected chi connectivity index (χ3v) is 5.26. The van der Waals surface area contributed by atoms with Crippen LogP contribution in [0.3, 0.4) is 0 Å². The van der Waals surface area contributed by atoms with E-state index in [1.54, 1.807) is 35.8 Å². The molecule has 0 unspecified atom stereocenters. The molecule has 0 saturated heterocycles. The average molecular weight is 414 g/mol. The second-order valence-corrected chi connectivity index (χ2v) is 7.51. The first kappa shape index (κ1) is 19.5. The molecule has 0 atom stereocenters. The monoisotopic (exact) mass is 413 g/mol. The number of carbonyl (C=O) groups excluding carboxylic acids is 2. The van der Waals surface area contributed by atoms with Crippen LogP contribution in [0.4, 0.5) is 10.8 Å². The summed E-state index contributed by atoms with van der Waals surface area (Å²) in [6, 6.07) is 26.2. The number of anilines is 2. The van der Waals surface area contributed by atoms with Crippen LogP contribution in [-0.2, 0) is 4.79 Å². The fourth-order valence-electron chi connectivity index (χ4n) is 3.19. The van der Waals surface area contributed by atoms with Crippen molar-refractivity contribution in [2.75, 3.05) is 10.6 Å². The molecular weight excluding hydrogens is 394 g/mol. The van der Waals surface area contributed by atoms with Crippen LogP contribution in [0.25, 0.3) is 0 Å². The van der Waals surface area contributed by atoms with Crippen molar-refractivity contribution in [1.82, 2.24) is 4.98 Å². The van der Waals surface area contributed by atoms with Crippen molar-refractivity contribution < 1.29 is 9.59 Å². The molecule has 0 aliphatic carbocycles. The van der Waals surface area contributed by atoms with Crippen molar-refractivity contribution in [3.05, 3.63) is 113 Å². The molecule has 30 heavy (non-hydrogen) atoms. The van der Waals surface area contributed by atoms with Crippen LogP contribution in [0.2, 0.25) is 0 Å². The Bertz CT molecular complexity index is 1090. The summed E-state index contributed by atoms with van der Waals surface area (Å²) in [6.45, 7) is 0. The molecule has 0 spiro atoms. The van der Waals surface area contributed by atoms with Gasteiger partial charge >= 0.3 is 0 Å². The molecule has 1 heterocycles. The Hall–Kier alpha value is -3.77. The summed E-state index contributed by atoms with van der Waals surface area (Å²) in [4.78, 5) is 29.8. The lowest BCUT2D eigenvalue weighted by molar-refractivity contribution is -0.116. The number of aromatic nitrogens is 1. The Morgan fingerprint density at radius 2 is 1.47 bits per heavy atom. The van der Waals surface area contributed by atoms with Gasteiger partial charge < -0.3 is 5.32 Å². The maximum Gasteiger partial charge on any atom is 0.257 e. The Balaban J connectivity index is 1.56. The van der Waals surface area contributed by atoms with Gasteiger partial charge in [0.05, 0.1) is 5.92 Å². The van der Waals surface area contributed by atoms with Crippen molar-refractivity contribution in [3.8, 4) is 0 Å². The second kappa shape index (κ2) is 9.15. The molecule has 4 rings (SSSR count). The molecule has 4 aromatic rings. The first-order chi connectivity index (χ1) is 14.7. The zero-order valence-corrected chi connectivity index (χ0v) is 16.8. The van der Waals surface area contributed by atoms with Crippen LogP contribution >= 0.6 is 11.3 Å². The van der Waals surface area contributed by atoms with Gasteiger partial charge in [0.1, 0.15) is 0 Å². The molecule has 0 aliphatic heterocycles. The largest absolute Gasteiger partial charge is 0.325 e. The minimum absolute atomic E-state index is 0.162. The van der Waals surface area contributed by atoms with Crippen LogP contribution in [0.1, 0.15) is 27.4 Å². The van der Waals surface area contributed by atoms with Gasteiger partial charge in [-0.25, -0.2) is 4.98 Å². The minimum atomic E-state index is -0.458. The molecule has 2 amide bonds. The molecule has 0 radical (unpaired) electrons. The Morgan fingerprint density at radius 1 is 0.800 bits per heavy atom. The van der Waals surface area contributed by atoms with Gasteiger partial charge in [0.15, 0.2) is 5.13 Å². The van der Waals surface area contributed by atoms with E-state index in [1.165, 1.54) is 11.3 Å². The summed E-state index contributed by atoms with van der Waals surface area (Å²) in [6.07, 6.45) is 1.63. The zero-order valence-electron chi connectivity index (χ0n) is 16.0. The molecule has 0 fully saturated rings. The summed E-state index contributed by atoms with van der Waals surface area (Å²) in [7, 11) is 0. The number of hydrogen-bond donors (Lipinski definition) is 2. The number of carbonyl (C=O) groups is 2. The molecule has 5 nitrogen and oxygen atoms in total. The van der Waals surface area contributed by atoms with Gasteiger partial charge in [-0.2, -0.15) is 0 Å². The van der Waals surface area contributed by atoms with Gasteiger partial charge in [-0.1, -0.05) is 66.7 Å². The molecule has 6 heteroatoms. The van der Waals surface area contributed by atoms with Crippen LogP contribution < -0.4 is 10.6 Å². The summed E-state index contributed by atoms with van der Waals surface area (Å²) in [5, 5.41) is 8.03. The number of benzene rings is 3. The number of thiazole rings is 1. The van der Waals surface area contributed by atoms with Crippen molar-refractivity contribution in [2.24, 2.45) is 0 Å². The van der Waals surface area contributed by atoms with Crippen molar-refractivity contribution in [3.63, 3.8) is 0 Å². The van der Waals surface area contributed by atoms with E-state index < -0.39 is 5.92 Å². The predicted octanol–water partition coefficient (Wildman–Crippen LogP) is 5.17. The lowest BCUT2D eigenvalue weighted by Gasteiger charge is -2.18. The van der Waals surface area contributed by atoms with Crippen LogP contribution in [-0.4, -0.2) is 16.8 Å². The van der Waals surface area contributed by atoms with Crippen molar-refractivity contribution >= 4 is 34.0 Å². The summed E-state index contributed by atoms with van der Waals surface area (Å²) < 4.78 is 0. The molecule has 0 saturated carbocycles. The van der Waals surface area contributed by atoms with Gasteiger partial charge in [-0.3, -0.25) is 14.9 Å². The topological polar surface area (TPSA) is 71.1 Å². The molecule has 2 N–H and O–H groups in total. The fraction of sp³-hybridized carbons (Fsp3) is 0.0417. The summed E-state index contributed by atoms with van der Waals surface area (Å²) >= 11 is 1.35.